The zero-order valence-electron chi connectivity index (χ0n) is 10.1. The van der Waals surface area contributed by atoms with Gasteiger partial charge in [-0.3, -0.25) is 4.79 Å². The largest absolute Gasteiger partial charge is 0.385 e. The fraction of sp³-hybridized carbons (Fsp3) is 0.917. The number of aliphatic hydroxyl groups excluding tert-OH is 1. The molecule has 1 aliphatic heterocycles. The number of rotatable bonds is 0. The first-order valence-corrected chi connectivity index (χ1v) is 5.51. The van der Waals surface area contributed by atoms with Gasteiger partial charge in [0.1, 0.15) is 12.2 Å². The number of ketones is 1. The van der Waals surface area contributed by atoms with Gasteiger partial charge in [-0.05, 0) is 11.8 Å². The Morgan fingerprint density at radius 1 is 1.40 bits per heavy atom. The van der Waals surface area contributed by atoms with Gasteiger partial charge in [0, 0.05) is 5.41 Å². The highest BCUT2D eigenvalue weighted by atomic mass is 16.6. The van der Waals surface area contributed by atoms with Gasteiger partial charge in [-0.25, -0.2) is 0 Å². The molecular formula is C12H20O3. The molecule has 0 aromatic carbocycles. The predicted molar refractivity (Wildman–Crippen MR) is 56.5 cm³/mol. The molecule has 1 N–H and O–H groups in total. The van der Waals surface area contributed by atoms with Gasteiger partial charge in [0.2, 0.25) is 0 Å². The van der Waals surface area contributed by atoms with E-state index in [0.29, 0.717) is 6.42 Å². The van der Waals surface area contributed by atoms with Crippen LogP contribution in [0.3, 0.4) is 0 Å². The van der Waals surface area contributed by atoms with Crippen LogP contribution in [0.15, 0.2) is 0 Å². The molecule has 1 aliphatic carbocycles. The van der Waals surface area contributed by atoms with Crippen molar-refractivity contribution in [3.05, 3.63) is 0 Å². The van der Waals surface area contributed by atoms with Crippen LogP contribution in [-0.2, 0) is 9.53 Å². The highest BCUT2D eigenvalue weighted by Gasteiger charge is 2.73. The predicted octanol–water partition coefficient (Wildman–Crippen LogP) is 1.53. The lowest BCUT2D eigenvalue weighted by molar-refractivity contribution is -0.130. The molecule has 1 saturated heterocycles. The molecule has 2 unspecified atom stereocenters. The summed E-state index contributed by atoms with van der Waals surface area (Å²) in [5.74, 6) is -0.118. The van der Waals surface area contributed by atoms with Gasteiger partial charge < -0.3 is 9.84 Å². The van der Waals surface area contributed by atoms with E-state index in [1.807, 2.05) is 13.8 Å². The van der Waals surface area contributed by atoms with Crippen LogP contribution in [0.5, 0.6) is 0 Å². The number of aliphatic hydroxyl groups is 1. The molecule has 15 heavy (non-hydrogen) atoms. The lowest BCUT2D eigenvalue weighted by Crippen LogP contribution is -2.33. The summed E-state index contributed by atoms with van der Waals surface area (Å²) >= 11 is 0. The van der Waals surface area contributed by atoms with Crippen LogP contribution in [0.1, 0.15) is 41.0 Å². The van der Waals surface area contributed by atoms with Crippen molar-refractivity contribution >= 4 is 5.78 Å². The second kappa shape index (κ2) is 2.64. The minimum Gasteiger partial charge on any atom is -0.385 e. The Balaban J connectivity index is 2.26. The monoisotopic (exact) mass is 212 g/mol. The van der Waals surface area contributed by atoms with E-state index in [9.17, 15) is 9.90 Å². The first-order chi connectivity index (χ1) is 6.61. The third-order valence-electron chi connectivity index (χ3n) is 3.60. The average molecular weight is 212 g/mol. The van der Waals surface area contributed by atoms with Crippen LogP contribution >= 0.6 is 0 Å². The molecule has 86 valence electrons. The maximum Gasteiger partial charge on any atom is 0.196 e. The zero-order chi connectivity index (χ0) is 11.6. The van der Waals surface area contributed by atoms with Gasteiger partial charge in [-0.1, -0.05) is 34.6 Å². The fourth-order valence-corrected chi connectivity index (χ4v) is 2.82. The Morgan fingerprint density at radius 2 is 1.93 bits per heavy atom. The molecule has 3 nitrogen and oxygen atoms in total. The van der Waals surface area contributed by atoms with E-state index in [1.165, 1.54) is 0 Å². The molecule has 1 spiro atoms. The molecular weight excluding hydrogens is 192 g/mol. The van der Waals surface area contributed by atoms with E-state index in [0.717, 1.165) is 0 Å². The van der Waals surface area contributed by atoms with Gasteiger partial charge in [0.25, 0.3) is 0 Å². The molecule has 2 rings (SSSR count). The highest BCUT2D eigenvalue weighted by Crippen LogP contribution is 2.59. The maximum absolute atomic E-state index is 12.0. The molecule has 2 aliphatic rings. The first kappa shape index (κ1) is 11.1. The van der Waals surface area contributed by atoms with E-state index in [2.05, 4.69) is 20.8 Å². The highest BCUT2D eigenvalue weighted by molar-refractivity contribution is 5.97. The fourth-order valence-electron chi connectivity index (χ4n) is 2.82. The molecule has 0 aromatic heterocycles. The van der Waals surface area contributed by atoms with Crippen molar-refractivity contribution in [1.29, 1.82) is 0 Å². The van der Waals surface area contributed by atoms with Crippen molar-refractivity contribution in [2.24, 2.45) is 10.8 Å². The van der Waals surface area contributed by atoms with Crippen molar-refractivity contribution in [2.45, 2.75) is 58.8 Å². The lowest BCUT2D eigenvalue weighted by Gasteiger charge is -2.19. The van der Waals surface area contributed by atoms with Gasteiger partial charge in [-0.2, -0.15) is 0 Å². The normalized spacial score (nSPS) is 43.7. The minimum absolute atomic E-state index is 0.0319. The van der Waals surface area contributed by atoms with Crippen molar-refractivity contribution < 1.29 is 14.6 Å². The van der Waals surface area contributed by atoms with Gasteiger partial charge in [0.15, 0.2) is 11.4 Å². The topological polar surface area (TPSA) is 49.8 Å². The smallest absolute Gasteiger partial charge is 0.196 e. The Bertz CT molecular complexity index is 313. The quantitative estimate of drug-likeness (QED) is 0.619. The summed E-state index contributed by atoms with van der Waals surface area (Å²) in [6.07, 6.45) is -0.263. The first-order valence-electron chi connectivity index (χ1n) is 5.51. The average Bonchev–Trinajstić information content (AvgIpc) is 2.72. The summed E-state index contributed by atoms with van der Waals surface area (Å²) in [6.45, 7) is 10.0. The zero-order valence-corrected chi connectivity index (χ0v) is 10.1. The van der Waals surface area contributed by atoms with Crippen molar-refractivity contribution in [1.82, 2.24) is 0 Å². The molecule has 3 heteroatoms. The van der Waals surface area contributed by atoms with Gasteiger partial charge >= 0.3 is 0 Å². The number of ether oxygens (including phenoxy) is 1. The molecule has 2 fully saturated rings. The summed E-state index contributed by atoms with van der Waals surface area (Å²) in [4.78, 5) is 12.0. The van der Waals surface area contributed by atoms with Crippen molar-refractivity contribution in [2.75, 3.05) is 0 Å². The second-order valence-corrected chi connectivity index (χ2v) is 6.69. The van der Waals surface area contributed by atoms with Crippen LogP contribution in [0.4, 0.5) is 0 Å². The molecule has 0 radical (unpaired) electrons. The number of epoxide rings is 1. The van der Waals surface area contributed by atoms with Crippen LogP contribution in [0.25, 0.3) is 0 Å². The molecule has 0 aromatic rings. The molecule has 1 heterocycles. The van der Waals surface area contributed by atoms with Gasteiger partial charge in [-0.15, -0.1) is 0 Å². The van der Waals surface area contributed by atoms with Crippen LogP contribution in [0.2, 0.25) is 0 Å². The Labute approximate surface area is 90.8 Å². The van der Waals surface area contributed by atoms with Crippen LogP contribution in [0, 0.1) is 10.8 Å². The minimum atomic E-state index is -0.871. The molecule has 3 atom stereocenters. The van der Waals surface area contributed by atoms with E-state index in [-0.39, 0.29) is 22.7 Å². The van der Waals surface area contributed by atoms with E-state index < -0.39 is 11.7 Å². The van der Waals surface area contributed by atoms with Crippen LogP contribution < -0.4 is 0 Å². The van der Waals surface area contributed by atoms with E-state index >= 15 is 0 Å². The van der Waals surface area contributed by atoms with Crippen LogP contribution in [-0.4, -0.2) is 28.7 Å². The maximum atomic E-state index is 12.0. The van der Waals surface area contributed by atoms with E-state index in [4.69, 9.17) is 4.74 Å². The van der Waals surface area contributed by atoms with E-state index in [1.54, 1.807) is 0 Å². The summed E-state index contributed by atoms with van der Waals surface area (Å²) in [5, 5.41) is 9.86. The summed E-state index contributed by atoms with van der Waals surface area (Å²) in [7, 11) is 0. The molecule has 0 amide bonds. The molecule has 1 saturated carbocycles. The SMILES string of the molecule is CC(C)(C)C1OC12CC(C)(C)[C@@H](O)C2=O. The summed E-state index contributed by atoms with van der Waals surface area (Å²) in [6, 6.07) is 0. The Kier molecular flexibility index (Phi) is 1.95. The van der Waals surface area contributed by atoms with Crippen molar-refractivity contribution in [3.63, 3.8) is 0 Å². The Hall–Kier alpha value is -0.410. The summed E-state index contributed by atoms with van der Waals surface area (Å²) in [5.41, 5.74) is -1.06. The van der Waals surface area contributed by atoms with Gasteiger partial charge in [0.05, 0.1) is 0 Å². The Morgan fingerprint density at radius 3 is 2.20 bits per heavy atom. The third-order valence-corrected chi connectivity index (χ3v) is 3.60. The number of carbonyl (C=O) groups is 1. The second-order valence-electron chi connectivity index (χ2n) is 6.69. The number of hydrogen-bond donors (Lipinski definition) is 1. The standard InChI is InChI=1S/C12H20O3/c1-10(2,3)9-12(15-9)6-11(4,5)7(13)8(12)14/h7,9,13H,6H2,1-5H3/t7-,9?,12?/m0/s1. The summed E-state index contributed by atoms with van der Waals surface area (Å²) < 4.78 is 5.64. The lowest BCUT2D eigenvalue weighted by atomic mass is 9.82. The number of carbonyl (C=O) groups excluding carboxylic acids is 1. The number of hydrogen-bond acceptors (Lipinski definition) is 3. The molecule has 0 bridgehead atoms. The third kappa shape index (κ3) is 1.36. The van der Waals surface area contributed by atoms with Crippen molar-refractivity contribution in [3.8, 4) is 0 Å². The number of Topliss-reactive ketones (excluding diaryl/α,β-unsaturated/α-hetero) is 1.